The smallest absolute Gasteiger partial charge is 0.270 e. The van der Waals surface area contributed by atoms with E-state index in [1.807, 2.05) is 56.3 Å². The Morgan fingerprint density at radius 3 is 2.41 bits per heavy atom. The number of nitrogens with zero attached hydrogens (tertiary/aromatic N) is 2. The molecule has 0 bridgehead atoms. The van der Waals surface area contributed by atoms with Gasteiger partial charge in [0.1, 0.15) is 17.2 Å². The third kappa shape index (κ3) is 3.95. The predicted molar refractivity (Wildman–Crippen MR) is 105 cm³/mol. The molecule has 0 spiro atoms. The number of nitrogens with one attached hydrogen (secondary N) is 1. The molecule has 0 saturated carbocycles. The summed E-state index contributed by atoms with van der Waals surface area (Å²) in [6, 6.07) is 16.9. The maximum absolute atomic E-state index is 12.7. The number of amides is 1. The largest absolute Gasteiger partial charge is 0.497 e. The molecule has 0 aliphatic heterocycles. The minimum absolute atomic E-state index is 0.0237. The summed E-state index contributed by atoms with van der Waals surface area (Å²) in [5, 5.41) is 7.61. The molecule has 0 atom stereocenters. The van der Waals surface area contributed by atoms with Crippen LogP contribution in [0, 0.1) is 0 Å². The number of carbonyl (C=O) groups is 1. The number of ether oxygens (including phenoxy) is 2. The summed E-state index contributed by atoms with van der Waals surface area (Å²) in [7, 11) is 3.20. The molecule has 0 fully saturated rings. The molecule has 6 nitrogen and oxygen atoms in total. The highest BCUT2D eigenvalue weighted by molar-refractivity contribution is 5.94. The highest BCUT2D eigenvalue weighted by atomic mass is 16.5. The zero-order valence-corrected chi connectivity index (χ0v) is 15.9. The number of rotatable bonds is 6. The van der Waals surface area contributed by atoms with E-state index in [1.165, 1.54) is 0 Å². The van der Waals surface area contributed by atoms with Gasteiger partial charge in [-0.15, -0.1) is 0 Å². The van der Waals surface area contributed by atoms with Crippen LogP contribution < -0.4 is 14.8 Å². The van der Waals surface area contributed by atoms with Gasteiger partial charge in [-0.3, -0.25) is 4.79 Å². The third-order valence-electron chi connectivity index (χ3n) is 4.05. The zero-order valence-electron chi connectivity index (χ0n) is 15.9. The van der Waals surface area contributed by atoms with E-state index in [9.17, 15) is 4.79 Å². The number of carbonyl (C=O) groups excluding carboxylic acids is 1. The van der Waals surface area contributed by atoms with Crippen LogP contribution in [0.3, 0.4) is 0 Å². The Kier molecular flexibility index (Phi) is 5.45. The van der Waals surface area contributed by atoms with Crippen molar-refractivity contribution in [2.24, 2.45) is 0 Å². The van der Waals surface area contributed by atoms with Crippen LogP contribution in [0.25, 0.3) is 16.9 Å². The molecular formula is C21H23N3O3. The van der Waals surface area contributed by atoms with Crippen molar-refractivity contribution in [2.75, 3.05) is 14.2 Å². The summed E-state index contributed by atoms with van der Waals surface area (Å²) < 4.78 is 12.4. The molecule has 1 aromatic heterocycles. The topological polar surface area (TPSA) is 65.4 Å². The summed E-state index contributed by atoms with van der Waals surface area (Å²) >= 11 is 0. The van der Waals surface area contributed by atoms with E-state index in [0.717, 1.165) is 11.3 Å². The second-order valence-electron chi connectivity index (χ2n) is 6.36. The lowest BCUT2D eigenvalue weighted by Gasteiger charge is -2.10. The van der Waals surface area contributed by atoms with Gasteiger partial charge in [-0.1, -0.05) is 18.2 Å². The van der Waals surface area contributed by atoms with Crippen LogP contribution in [-0.4, -0.2) is 35.9 Å². The van der Waals surface area contributed by atoms with Gasteiger partial charge in [-0.05, 0) is 44.2 Å². The van der Waals surface area contributed by atoms with Gasteiger partial charge in [-0.25, -0.2) is 4.68 Å². The Morgan fingerprint density at radius 1 is 1.04 bits per heavy atom. The summed E-state index contributed by atoms with van der Waals surface area (Å²) in [5.74, 6) is 1.14. The van der Waals surface area contributed by atoms with E-state index in [2.05, 4.69) is 10.4 Å². The second-order valence-corrected chi connectivity index (χ2v) is 6.36. The van der Waals surface area contributed by atoms with Crippen molar-refractivity contribution in [2.45, 2.75) is 19.9 Å². The van der Waals surface area contributed by atoms with E-state index in [1.54, 1.807) is 31.0 Å². The van der Waals surface area contributed by atoms with E-state index in [-0.39, 0.29) is 11.9 Å². The molecular weight excluding hydrogens is 342 g/mol. The summed E-state index contributed by atoms with van der Waals surface area (Å²) in [4.78, 5) is 12.7. The molecule has 6 heteroatoms. The molecule has 0 aliphatic rings. The standard InChI is InChI=1S/C21H23N3O3/c1-14(2)22-21(25)19-13-18(23-24(19)15-8-6-5-7-9-15)17-11-10-16(26-3)12-20(17)27-4/h5-14H,1-4H3,(H,22,25). The van der Waals surface area contributed by atoms with Crippen LogP contribution in [0.5, 0.6) is 11.5 Å². The molecule has 3 aromatic rings. The van der Waals surface area contributed by atoms with Gasteiger partial charge in [0.15, 0.2) is 0 Å². The number of hydrogen-bond donors (Lipinski definition) is 1. The molecule has 27 heavy (non-hydrogen) atoms. The van der Waals surface area contributed by atoms with Crippen LogP contribution in [0.2, 0.25) is 0 Å². The third-order valence-corrected chi connectivity index (χ3v) is 4.05. The molecule has 0 unspecified atom stereocenters. The van der Waals surface area contributed by atoms with Crippen LogP contribution in [0.15, 0.2) is 54.6 Å². The van der Waals surface area contributed by atoms with Crippen molar-refractivity contribution in [3.8, 4) is 28.4 Å². The van der Waals surface area contributed by atoms with Crippen LogP contribution >= 0.6 is 0 Å². The van der Waals surface area contributed by atoms with E-state index in [4.69, 9.17) is 9.47 Å². The Labute approximate surface area is 158 Å². The fourth-order valence-electron chi connectivity index (χ4n) is 2.79. The Morgan fingerprint density at radius 2 is 1.78 bits per heavy atom. The molecule has 0 saturated heterocycles. The molecule has 1 heterocycles. The first-order valence-corrected chi connectivity index (χ1v) is 8.72. The minimum atomic E-state index is -0.180. The van der Waals surface area contributed by atoms with Crippen molar-refractivity contribution in [3.05, 3.63) is 60.3 Å². The summed E-state index contributed by atoms with van der Waals surface area (Å²) in [5.41, 5.74) is 2.70. The number of hydrogen-bond acceptors (Lipinski definition) is 4. The lowest BCUT2D eigenvalue weighted by atomic mass is 10.1. The molecule has 3 rings (SSSR count). The van der Waals surface area contributed by atoms with Crippen molar-refractivity contribution < 1.29 is 14.3 Å². The first-order valence-electron chi connectivity index (χ1n) is 8.72. The molecule has 1 amide bonds. The van der Waals surface area contributed by atoms with E-state index >= 15 is 0 Å². The van der Waals surface area contributed by atoms with Gasteiger partial charge in [-0.2, -0.15) is 5.10 Å². The van der Waals surface area contributed by atoms with Gasteiger partial charge in [0.25, 0.3) is 5.91 Å². The SMILES string of the molecule is COc1ccc(-c2cc(C(=O)NC(C)C)n(-c3ccccc3)n2)c(OC)c1. The Balaban J connectivity index is 2.13. The molecule has 2 aromatic carbocycles. The summed E-state index contributed by atoms with van der Waals surface area (Å²) in [6.07, 6.45) is 0. The van der Waals surface area contributed by atoms with Crippen molar-refractivity contribution in [3.63, 3.8) is 0 Å². The van der Waals surface area contributed by atoms with E-state index in [0.29, 0.717) is 22.9 Å². The van der Waals surface area contributed by atoms with Crippen LogP contribution in [0.1, 0.15) is 24.3 Å². The van der Waals surface area contributed by atoms with Crippen LogP contribution in [0.4, 0.5) is 0 Å². The van der Waals surface area contributed by atoms with Crippen molar-refractivity contribution in [1.29, 1.82) is 0 Å². The minimum Gasteiger partial charge on any atom is -0.497 e. The summed E-state index contributed by atoms with van der Waals surface area (Å²) in [6.45, 7) is 3.85. The average Bonchev–Trinajstić information content (AvgIpc) is 3.13. The first kappa shape index (κ1) is 18.5. The highest BCUT2D eigenvalue weighted by Crippen LogP contribution is 2.33. The highest BCUT2D eigenvalue weighted by Gasteiger charge is 2.20. The van der Waals surface area contributed by atoms with Gasteiger partial charge in [0, 0.05) is 17.7 Å². The predicted octanol–water partition coefficient (Wildman–Crippen LogP) is 3.69. The second kappa shape index (κ2) is 7.95. The molecule has 140 valence electrons. The normalized spacial score (nSPS) is 10.7. The lowest BCUT2D eigenvalue weighted by Crippen LogP contribution is -2.31. The maximum atomic E-state index is 12.7. The molecule has 1 N–H and O–H groups in total. The van der Waals surface area contributed by atoms with Gasteiger partial charge >= 0.3 is 0 Å². The number of para-hydroxylation sites is 1. The quantitative estimate of drug-likeness (QED) is 0.723. The van der Waals surface area contributed by atoms with Crippen molar-refractivity contribution in [1.82, 2.24) is 15.1 Å². The van der Waals surface area contributed by atoms with Crippen LogP contribution in [-0.2, 0) is 0 Å². The Hall–Kier alpha value is -3.28. The maximum Gasteiger partial charge on any atom is 0.270 e. The molecule has 0 aliphatic carbocycles. The zero-order chi connectivity index (χ0) is 19.4. The number of benzene rings is 2. The van der Waals surface area contributed by atoms with Gasteiger partial charge in [0.05, 0.1) is 25.6 Å². The molecule has 0 radical (unpaired) electrons. The fourth-order valence-corrected chi connectivity index (χ4v) is 2.79. The fraction of sp³-hybridized carbons (Fsp3) is 0.238. The Bertz CT molecular complexity index is 933. The number of aromatic nitrogens is 2. The van der Waals surface area contributed by atoms with Crippen molar-refractivity contribution >= 4 is 5.91 Å². The lowest BCUT2D eigenvalue weighted by molar-refractivity contribution is 0.0935. The first-order chi connectivity index (χ1) is 13.0. The number of methoxy groups -OCH3 is 2. The van der Waals surface area contributed by atoms with Gasteiger partial charge < -0.3 is 14.8 Å². The van der Waals surface area contributed by atoms with E-state index < -0.39 is 0 Å². The van der Waals surface area contributed by atoms with Gasteiger partial charge in [0.2, 0.25) is 0 Å². The monoisotopic (exact) mass is 365 g/mol. The average molecular weight is 365 g/mol.